The fourth-order valence-corrected chi connectivity index (χ4v) is 2.06. The first-order chi connectivity index (χ1) is 6.83. The first-order valence-electron chi connectivity index (χ1n) is 5.78. The van der Waals surface area contributed by atoms with Crippen molar-refractivity contribution in [1.29, 1.82) is 0 Å². The first-order valence-corrected chi connectivity index (χ1v) is 5.78. The quantitative estimate of drug-likeness (QED) is 0.640. The van der Waals surface area contributed by atoms with Crippen molar-refractivity contribution in [3.8, 4) is 0 Å². The fourth-order valence-electron chi connectivity index (χ4n) is 2.06. The normalized spacial score (nSPS) is 18.9. The molecule has 0 spiro atoms. The minimum atomic E-state index is 0.669. The molecule has 0 aromatic carbocycles. The van der Waals surface area contributed by atoms with Crippen LogP contribution >= 0.6 is 0 Å². The van der Waals surface area contributed by atoms with Gasteiger partial charge in [-0.2, -0.15) is 0 Å². The van der Waals surface area contributed by atoms with Crippen LogP contribution in [-0.2, 0) is 4.74 Å². The van der Waals surface area contributed by atoms with Crippen molar-refractivity contribution in [3.63, 3.8) is 0 Å². The number of hydrogen-bond donors (Lipinski definition) is 1. The highest BCUT2D eigenvalue weighted by Crippen LogP contribution is 2.29. The number of hydrogen-bond acceptors (Lipinski definition) is 3. The molecule has 1 fully saturated rings. The average Bonchev–Trinajstić information content (AvgIpc) is 3.00. The van der Waals surface area contributed by atoms with E-state index >= 15 is 0 Å². The Kier molecular flexibility index (Phi) is 5.45. The van der Waals surface area contributed by atoms with E-state index in [4.69, 9.17) is 10.5 Å². The largest absolute Gasteiger partial charge is 0.383 e. The zero-order valence-corrected chi connectivity index (χ0v) is 9.54. The molecule has 14 heavy (non-hydrogen) atoms. The molecule has 0 saturated heterocycles. The van der Waals surface area contributed by atoms with Crippen molar-refractivity contribution in [2.75, 3.05) is 26.8 Å². The summed E-state index contributed by atoms with van der Waals surface area (Å²) in [6, 6.07) is 1.49. The van der Waals surface area contributed by atoms with E-state index in [1.807, 2.05) is 0 Å². The van der Waals surface area contributed by atoms with Crippen LogP contribution in [0, 0.1) is 0 Å². The van der Waals surface area contributed by atoms with E-state index in [9.17, 15) is 0 Å². The standard InChI is InChI=1S/C11H24N2O/c1-3-10(6-7-12)13(8-9-14-2)11-4-5-11/h10-11H,3-9,12H2,1-2H3. The lowest BCUT2D eigenvalue weighted by atomic mass is 10.1. The van der Waals surface area contributed by atoms with Gasteiger partial charge in [-0.05, 0) is 32.2 Å². The van der Waals surface area contributed by atoms with Gasteiger partial charge in [-0.1, -0.05) is 6.92 Å². The number of rotatable bonds is 8. The van der Waals surface area contributed by atoms with E-state index in [1.54, 1.807) is 7.11 Å². The smallest absolute Gasteiger partial charge is 0.0589 e. The molecule has 1 rings (SSSR count). The van der Waals surface area contributed by atoms with Gasteiger partial charge >= 0.3 is 0 Å². The summed E-state index contributed by atoms with van der Waals surface area (Å²) in [5.74, 6) is 0. The average molecular weight is 200 g/mol. The molecule has 0 bridgehead atoms. The van der Waals surface area contributed by atoms with Crippen molar-refractivity contribution in [3.05, 3.63) is 0 Å². The van der Waals surface area contributed by atoms with Crippen LogP contribution in [0.15, 0.2) is 0 Å². The third kappa shape index (κ3) is 3.56. The lowest BCUT2D eigenvalue weighted by Crippen LogP contribution is -2.40. The lowest BCUT2D eigenvalue weighted by Gasteiger charge is -2.30. The summed E-state index contributed by atoms with van der Waals surface area (Å²) in [6.45, 7) is 4.97. The maximum atomic E-state index is 5.63. The molecule has 3 heteroatoms. The number of nitrogens with two attached hydrogens (primary N) is 1. The minimum absolute atomic E-state index is 0.669. The Bertz CT molecular complexity index is 148. The van der Waals surface area contributed by atoms with E-state index in [0.717, 1.165) is 32.2 Å². The highest BCUT2D eigenvalue weighted by Gasteiger charge is 2.32. The summed E-state index contributed by atoms with van der Waals surface area (Å²) in [6.07, 6.45) is 5.06. The van der Waals surface area contributed by atoms with Gasteiger partial charge in [0.15, 0.2) is 0 Å². The summed E-state index contributed by atoms with van der Waals surface area (Å²) in [4.78, 5) is 2.59. The van der Waals surface area contributed by atoms with Gasteiger partial charge in [0.2, 0.25) is 0 Å². The maximum absolute atomic E-state index is 5.63. The molecule has 1 unspecified atom stereocenters. The molecule has 2 N–H and O–H groups in total. The molecule has 1 aliphatic rings. The maximum Gasteiger partial charge on any atom is 0.0589 e. The fraction of sp³-hybridized carbons (Fsp3) is 1.00. The van der Waals surface area contributed by atoms with Gasteiger partial charge in [0.25, 0.3) is 0 Å². The number of ether oxygens (including phenoxy) is 1. The Labute approximate surface area is 87.6 Å². The van der Waals surface area contributed by atoms with Crippen LogP contribution in [0.5, 0.6) is 0 Å². The first kappa shape index (κ1) is 12.0. The van der Waals surface area contributed by atoms with E-state index in [0.29, 0.717) is 6.04 Å². The molecule has 3 nitrogen and oxygen atoms in total. The van der Waals surface area contributed by atoms with E-state index in [-0.39, 0.29) is 0 Å². The van der Waals surface area contributed by atoms with Crippen LogP contribution < -0.4 is 5.73 Å². The topological polar surface area (TPSA) is 38.5 Å². The van der Waals surface area contributed by atoms with Gasteiger partial charge in [0, 0.05) is 25.7 Å². The minimum Gasteiger partial charge on any atom is -0.383 e. The van der Waals surface area contributed by atoms with Crippen LogP contribution in [-0.4, -0.2) is 43.8 Å². The number of methoxy groups -OCH3 is 1. The Morgan fingerprint density at radius 2 is 2.21 bits per heavy atom. The highest BCUT2D eigenvalue weighted by atomic mass is 16.5. The molecule has 1 atom stereocenters. The van der Waals surface area contributed by atoms with Crippen molar-refractivity contribution < 1.29 is 4.74 Å². The van der Waals surface area contributed by atoms with Crippen LogP contribution in [0.25, 0.3) is 0 Å². The van der Waals surface area contributed by atoms with Gasteiger partial charge in [-0.15, -0.1) is 0 Å². The zero-order valence-electron chi connectivity index (χ0n) is 9.54. The molecule has 0 aromatic rings. The predicted octanol–water partition coefficient (Wildman–Crippen LogP) is 1.22. The Balaban J connectivity index is 2.37. The van der Waals surface area contributed by atoms with Gasteiger partial charge in [0.1, 0.15) is 0 Å². The van der Waals surface area contributed by atoms with Gasteiger partial charge in [-0.25, -0.2) is 0 Å². The Morgan fingerprint density at radius 3 is 2.64 bits per heavy atom. The zero-order chi connectivity index (χ0) is 10.4. The van der Waals surface area contributed by atoms with E-state index in [2.05, 4.69) is 11.8 Å². The summed E-state index contributed by atoms with van der Waals surface area (Å²) >= 11 is 0. The highest BCUT2D eigenvalue weighted by molar-refractivity contribution is 4.88. The van der Waals surface area contributed by atoms with Crippen LogP contribution in [0.2, 0.25) is 0 Å². The van der Waals surface area contributed by atoms with Crippen LogP contribution in [0.4, 0.5) is 0 Å². The van der Waals surface area contributed by atoms with Gasteiger partial charge in [-0.3, -0.25) is 4.90 Å². The van der Waals surface area contributed by atoms with Crippen LogP contribution in [0.1, 0.15) is 32.6 Å². The third-order valence-corrected chi connectivity index (χ3v) is 3.01. The van der Waals surface area contributed by atoms with Gasteiger partial charge < -0.3 is 10.5 Å². The molecule has 0 aliphatic heterocycles. The molecule has 84 valence electrons. The molecule has 0 aromatic heterocycles. The predicted molar refractivity (Wildman–Crippen MR) is 59.4 cm³/mol. The van der Waals surface area contributed by atoms with Crippen molar-refractivity contribution in [2.24, 2.45) is 5.73 Å². The summed E-state index contributed by atoms with van der Waals surface area (Å²) in [5, 5.41) is 0. The lowest BCUT2D eigenvalue weighted by molar-refractivity contribution is 0.108. The molecule has 1 saturated carbocycles. The molecule has 1 aliphatic carbocycles. The monoisotopic (exact) mass is 200 g/mol. The molecular formula is C11H24N2O. The molecule has 0 radical (unpaired) electrons. The molecular weight excluding hydrogens is 176 g/mol. The second-order valence-electron chi connectivity index (χ2n) is 4.10. The number of nitrogens with zero attached hydrogens (tertiary/aromatic N) is 1. The summed E-state index contributed by atoms with van der Waals surface area (Å²) < 4.78 is 5.15. The van der Waals surface area contributed by atoms with Crippen LogP contribution in [0.3, 0.4) is 0 Å². The second kappa shape index (κ2) is 6.38. The Morgan fingerprint density at radius 1 is 1.50 bits per heavy atom. The van der Waals surface area contributed by atoms with Crippen molar-refractivity contribution in [2.45, 2.75) is 44.7 Å². The van der Waals surface area contributed by atoms with E-state index in [1.165, 1.54) is 19.3 Å². The van der Waals surface area contributed by atoms with Crippen molar-refractivity contribution in [1.82, 2.24) is 4.90 Å². The Hall–Kier alpha value is -0.120. The third-order valence-electron chi connectivity index (χ3n) is 3.01. The molecule has 0 amide bonds. The summed E-state index contributed by atoms with van der Waals surface area (Å²) in [5.41, 5.74) is 5.63. The SMILES string of the molecule is CCC(CCN)N(CCOC)C1CC1. The molecule has 0 heterocycles. The second-order valence-corrected chi connectivity index (χ2v) is 4.10. The van der Waals surface area contributed by atoms with Gasteiger partial charge in [0.05, 0.1) is 6.61 Å². The summed E-state index contributed by atoms with van der Waals surface area (Å²) in [7, 11) is 1.77. The van der Waals surface area contributed by atoms with Crippen molar-refractivity contribution >= 4 is 0 Å². The van der Waals surface area contributed by atoms with E-state index < -0.39 is 0 Å².